The van der Waals surface area contributed by atoms with Gasteiger partial charge in [0.2, 0.25) is 0 Å². The van der Waals surface area contributed by atoms with Gasteiger partial charge in [0.25, 0.3) is 5.56 Å². The molecule has 1 aliphatic carbocycles. The minimum absolute atomic E-state index is 0.00549. The molecule has 64 valence electrons. The van der Waals surface area contributed by atoms with E-state index in [4.69, 9.17) is 0 Å². The van der Waals surface area contributed by atoms with E-state index in [0.717, 1.165) is 17.3 Å². The summed E-state index contributed by atoms with van der Waals surface area (Å²) in [5.41, 5.74) is -0.00549. The molecule has 1 saturated carbocycles. The van der Waals surface area contributed by atoms with Crippen LogP contribution in [0, 0.1) is 0 Å². The van der Waals surface area contributed by atoms with Gasteiger partial charge in [-0.05, 0) is 35.2 Å². The molecule has 0 aliphatic heterocycles. The zero-order valence-corrected chi connectivity index (χ0v) is 8.12. The lowest BCUT2D eigenvalue weighted by Crippen LogP contribution is -2.30. The molecule has 0 atom stereocenters. The Kier molecular flexibility index (Phi) is 2.00. The average Bonchev–Trinajstić information content (AvgIpc) is 1.91. The zero-order valence-electron chi connectivity index (χ0n) is 6.53. The van der Waals surface area contributed by atoms with Crippen molar-refractivity contribution in [3.05, 3.63) is 27.1 Å². The summed E-state index contributed by atoms with van der Waals surface area (Å²) >= 11 is 3.21. The summed E-state index contributed by atoms with van der Waals surface area (Å²) in [6.45, 7) is 0. The van der Waals surface area contributed by atoms with Gasteiger partial charge in [0.1, 0.15) is 0 Å². The number of nitrogens with zero attached hydrogens (tertiary/aromatic N) is 2. The Morgan fingerprint density at radius 2 is 2.33 bits per heavy atom. The Balaban J connectivity index is 2.37. The van der Waals surface area contributed by atoms with Gasteiger partial charge in [-0.1, -0.05) is 0 Å². The third-order valence-electron chi connectivity index (χ3n) is 2.21. The standard InChI is InChI=1S/C8H9BrN2O/c9-6-4-8(12)11(10-5-6)7-2-1-3-7/h4-5,7H,1-3H2. The second-order valence-electron chi connectivity index (χ2n) is 3.04. The first-order valence-corrected chi connectivity index (χ1v) is 4.81. The molecule has 12 heavy (non-hydrogen) atoms. The maximum atomic E-state index is 11.3. The molecule has 1 aromatic heterocycles. The van der Waals surface area contributed by atoms with Gasteiger partial charge in [0.05, 0.1) is 12.2 Å². The van der Waals surface area contributed by atoms with Crippen LogP contribution in [0.3, 0.4) is 0 Å². The molecule has 0 unspecified atom stereocenters. The van der Waals surface area contributed by atoms with Crippen LogP contribution in [0.5, 0.6) is 0 Å². The number of aromatic nitrogens is 2. The smallest absolute Gasteiger partial charge is 0.268 e. The van der Waals surface area contributed by atoms with Crippen molar-refractivity contribution in [1.29, 1.82) is 0 Å². The van der Waals surface area contributed by atoms with Crippen molar-refractivity contribution in [2.75, 3.05) is 0 Å². The topological polar surface area (TPSA) is 34.9 Å². The Hall–Kier alpha value is -0.640. The highest BCUT2D eigenvalue weighted by atomic mass is 79.9. The zero-order chi connectivity index (χ0) is 8.55. The third-order valence-corrected chi connectivity index (χ3v) is 2.65. The van der Waals surface area contributed by atoms with Gasteiger partial charge in [-0.2, -0.15) is 5.10 Å². The van der Waals surface area contributed by atoms with Crippen molar-refractivity contribution >= 4 is 15.9 Å². The molecule has 1 fully saturated rings. The highest BCUT2D eigenvalue weighted by Gasteiger charge is 2.20. The average molecular weight is 229 g/mol. The first-order chi connectivity index (χ1) is 5.77. The van der Waals surface area contributed by atoms with Gasteiger partial charge >= 0.3 is 0 Å². The van der Waals surface area contributed by atoms with Gasteiger partial charge in [-0.25, -0.2) is 4.68 Å². The molecule has 2 rings (SSSR count). The molecule has 1 aliphatic rings. The summed E-state index contributed by atoms with van der Waals surface area (Å²) in [5, 5.41) is 4.06. The van der Waals surface area contributed by atoms with Crippen LogP contribution in [0.2, 0.25) is 0 Å². The molecule has 1 aromatic rings. The summed E-state index contributed by atoms with van der Waals surface area (Å²) in [5.74, 6) is 0. The number of rotatable bonds is 1. The van der Waals surface area contributed by atoms with E-state index >= 15 is 0 Å². The van der Waals surface area contributed by atoms with Crippen LogP contribution in [-0.4, -0.2) is 9.78 Å². The molecule has 4 heteroatoms. The fraction of sp³-hybridized carbons (Fsp3) is 0.500. The molecule has 1 heterocycles. The van der Waals surface area contributed by atoms with E-state index in [0.29, 0.717) is 6.04 Å². The lowest BCUT2D eigenvalue weighted by molar-refractivity contribution is 0.278. The van der Waals surface area contributed by atoms with E-state index in [2.05, 4.69) is 21.0 Å². The summed E-state index contributed by atoms with van der Waals surface area (Å²) in [6, 6.07) is 1.91. The van der Waals surface area contributed by atoms with E-state index in [1.165, 1.54) is 6.42 Å². The summed E-state index contributed by atoms with van der Waals surface area (Å²) in [6.07, 6.45) is 5.07. The molecular weight excluding hydrogens is 220 g/mol. The molecule has 0 bridgehead atoms. The molecule has 0 aromatic carbocycles. The fourth-order valence-corrected chi connectivity index (χ4v) is 1.59. The normalized spacial score (nSPS) is 17.4. The monoisotopic (exact) mass is 228 g/mol. The van der Waals surface area contributed by atoms with E-state index in [9.17, 15) is 4.79 Å². The van der Waals surface area contributed by atoms with Crippen molar-refractivity contribution in [2.45, 2.75) is 25.3 Å². The van der Waals surface area contributed by atoms with Crippen LogP contribution < -0.4 is 5.56 Å². The van der Waals surface area contributed by atoms with Crippen molar-refractivity contribution in [2.24, 2.45) is 0 Å². The Morgan fingerprint density at radius 1 is 1.58 bits per heavy atom. The second kappa shape index (κ2) is 3.01. The molecule has 0 spiro atoms. The van der Waals surface area contributed by atoms with Crippen LogP contribution in [-0.2, 0) is 0 Å². The van der Waals surface area contributed by atoms with E-state index in [1.54, 1.807) is 16.9 Å². The Morgan fingerprint density at radius 3 is 2.83 bits per heavy atom. The van der Waals surface area contributed by atoms with E-state index in [1.807, 2.05) is 0 Å². The first-order valence-electron chi connectivity index (χ1n) is 4.02. The molecular formula is C8H9BrN2O. The van der Waals surface area contributed by atoms with Crippen LogP contribution in [0.25, 0.3) is 0 Å². The molecule has 0 radical (unpaired) electrons. The Labute approximate surface area is 78.5 Å². The maximum absolute atomic E-state index is 11.3. The predicted octanol–water partition coefficient (Wildman–Crippen LogP) is 1.73. The van der Waals surface area contributed by atoms with Crippen LogP contribution in [0.15, 0.2) is 21.5 Å². The summed E-state index contributed by atoms with van der Waals surface area (Å²) in [4.78, 5) is 11.3. The summed E-state index contributed by atoms with van der Waals surface area (Å²) < 4.78 is 2.33. The molecule has 3 nitrogen and oxygen atoms in total. The third kappa shape index (κ3) is 1.31. The lowest BCUT2D eigenvalue weighted by atomic mass is 9.93. The SMILES string of the molecule is O=c1cc(Br)cnn1C1CCC1. The van der Waals surface area contributed by atoms with Gasteiger partial charge in [-0.15, -0.1) is 0 Å². The molecule has 0 N–H and O–H groups in total. The lowest BCUT2D eigenvalue weighted by Gasteiger charge is -2.25. The fourth-order valence-electron chi connectivity index (χ4n) is 1.30. The number of hydrogen-bond acceptors (Lipinski definition) is 2. The predicted molar refractivity (Wildman–Crippen MR) is 49.1 cm³/mol. The molecule has 0 saturated heterocycles. The van der Waals surface area contributed by atoms with E-state index in [-0.39, 0.29) is 5.56 Å². The van der Waals surface area contributed by atoms with Gasteiger partial charge in [0.15, 0.2) is 0 Å². The maximum Gasteiger partial charge on any atom is 0.268 e. The first kappa shape index (κ1) is 7.98. The quantitative estimate of drug-likeness (QED) is 0.734. The van der Waals surface area contributed by atoms with Gasteiger partial charge < -0.3 is 0 Å². The van der Waals surface area contributed by atoms with Crippen LogP contribution in [0.1, 0.15) is 25.3 Å². The minimum Gasteiger partial charge on any atom is -0.268 e. The largest absolute Gasteiger partial charge is 0.268 e. The number of halogens is 1. The highest BCUT2D eigenvalue weighted by molar-refractivity contribution is 9.10. The molecule has 0 amide bonds. The minimum atomic E-state index is -0.00549. The van der Waals surface area contributed by atoms with Crippen molar-refractivity contribution in [3.8, 4) is 0 Å². The van der Waals surface area contributed by atoms with E-state index < -0.39 is 0 Å². The van der Waals surface area contributed by atoms with Crippen LogP contribution >= 0.6 is 15.9 Å². The van der Waals surface area contributed by atoms with Crippen LogP contribution in [0.4, 0.5) is 0 Å². The van der Waals surface area contributed by atoms with Crippen molar-refractivity contribution < 1.29 is 0 Å². The Bertz CT molecular complexity index is 343. The second-order valence-corrected chi connectivity index (χ2v) is 3.96. The van der Waals surface area contributed by atoms with Crippen molar-refractivity contribution in [1.82, 2.24) is 9.78 Å². The highest BCUT2D eigenvalue weighted by Crippen LogP contribution is 2.29. The van der Waals surface area contributed by atoms with Gasteiger partial charge in [0, 0.05) is 10.5 Å². The number of hydrogen-bond donors (Lipinski definition) is 0. The summed E-state index contributed by atoms with van der Waals surface area (Å²) in [7, 11) is 0. The van der Waals surface area contributed by atoms with Crippen molar-refractivity contribution in [3.63, 3.8) is 0 Å². The van der Waals surface area contributed by atoms with Gasteiger partial charge in [-0.3, -0.25) is 4.79 Å².